The fourth-order valence-corrected chi connectivity index (χ4v) is 3.30. The van der Waals surface area contributed by atoms with E-state index in [4.69, 9.17) is 4.42 Å². The van der Waals surface area contributed by atoms with Crippen molar-refractivity contribution in [3.8, 4) is 11.5 Å². The summed E-state index contributed by atoms with van der Waals surface area (Å²) in [5.41, 5.74) is 1.98. The fourth-order valence-electron chi connectivity index (χ4n) is 2.44. The Labute approximate surface area is 162 Å². The predicted molar refractivity (Wildman–Crippen MR) is 109 cm³/mol. The van der Waals surface area contributed by atoms with Crippen molar-refractivity contribution >= 4 is 18.5 Å². The van der Waals surface area contributed by atoms with E-state index in [9.17, 15) is 0 Å². The second-order valence-electron chi connectivity index (χ2n) is 5.95. The van der Waals surface area contributed by atoms with Crippen LogP contribution in [0.2, 0.25) is 0 Å². The average molecular weight is 379 g/mol. The van der Waals surface area contributed by atoms with Gasteiger partial charge >= 0.3 is 0 Å². The maximum Gasteiger partial charge on any atom is 0.192 e. The van der Waals surface area contributed by atoms with Crippen LogP contribution < -0.4 is 0 Å². The van der Waals surface area contributed by atoms with Crippen molar-refractivity contribution in [3.05, 3.63) is 72.0 Å². The molecule has 0 aromatic carbocycles. The van der Waals surface area contributed by atoms with Crippen LogP contribution in [0.4, 0.5) is 0 Å². The van der Waals surface area contributed by atoms with Crippen molar-refractivity contribution in [2.45, 2.75) is 25.5 Å². The first-order chi connectivity index (χ1) is 13.2. The van der Waals surface area contributed by atoms with Crippen LogP contribution in [0.5, 0.6) is 0 Å². The number of furan rings is 1. The molecule has 0 bridgehead atoms. The van der Waals surface area contributed by atoms with Crippen molar-refractivity contribution in [2.75, 3.05) is 5.75 Å². The largest absolute Gasteiger partial charge is 0.464 e. The molecule has 0 fully saturated rings. The van der Waals surface area contributed by atoms with E-state index in [-0.39, 0.29) is 0 Å². The van der Waals surface area contributed by atoms with Gasteiger partial charge in [-0.25, -0.2) is 0 Å². The van der Waals surface area contributed by atoms with Crippen LogP contribution in [-0.2, 0) is 6.54 Å². The van der Waals surface area contributed by atoms with E-state index >= 15 is 0 Å². The van der Waals surface area contributed by atoms with Gasteiger partial charge in [0.25, 0.3) is 0 Å². The number of aryl methyl sites for hydroxylation is 1. The number of aliphatic imine (C=N–C) groups is 1. The quantitative estimate of drug-likeness (QED) is 0.326. The Bertz CT molecular complexity index is 956. The van der Waals surface area contributed by atoms with Gasteiger partial charge in [0.05, 0.1) is 6.54 Å². The molecule has 0 aliphatic rings. The van der Waals surface area contributed by atoms with Crippen molar-refractivity contribution in [1.29, 1.82) is 0 Å². The van der Waals surface area contributed by atoms with E-state index in [0.717, 1.165) is 33.9 Å². The first-order valence-corrected chi connectivity index (χ1v) is 9.47. The number of allylic oxidation sites excluding steroid dienone is 2. The van der Waals surface area contributed by atoms with Crippen molar-refractivity contribution < 1.29 is 4.42 Å². The van der Waals surface area contributed by atoms with Gasteiger partial charge in [-0.05, 0) is 50.9 Å². The molecule has 0 aliphatic heterocycles. The molecule has 3 rings (SSSR count). The van der Waals surface area contributed by atoms with Crippen molar-refractivity contribution in [2.24, 2.45) is 4.99 Å². The van der Waals surface area contributed by atoms with Crippen LogP contribution >= 0.6 is 11.8 Å². The molecule has 0 radical (unpaired) electrons. The lowest BCUT2D eigenvalue weighted by Gasteiger charge is -2.08. The Morgan fingerprint density at radius 2 is 2.19 bits per heavy atom. The fraction of sp³-hybridized carbons (Fsp3) is 0.200. The Balaban J connectivity index is 1.86. The molecule has 6 nitrogen and oxygen atoms in total. The molecular formula is C20H21N5OS. The van der Waals surface area contributed by atoms with Gasteiger partial charge in [0.1, 0.15) is 17.2 Å². The molecule has 3 aromatic rings. The van der Waals surface area contributed by atoms with Gasteiger partial charge < -0.3 is 4.42 Å². The van der Waals surface area contributed by atoms with E-state index in [1.54, 1.807) is 24.2 Å². The lowest BCUT2D eigenvalue weighted by atomic mass is 10.3. The highest BCUT2D eigenvalue weighted by molar-refractivity contribution is 7.99. The Morgan fingerprint density at radius 3 is 2.89 bits per heavy atom. The number of rotatable bonds is 8. The summed E-state index contributed by atoms with van der Waals surface area (Å²) in [5.74, 6) is 3.26. The van der Waals surface area contributed by atoms with Crippen LogP contribution in [0.3, 0.4) is 0 Å². The van der Waals surface area contributed by atoms with Gasteiger partial charge in [-0.3, -0.25) is 14.5 Å². The topological polar surface area (TPSA) is 69.1 Å². The highest BCUT2D eigenvalue weighted by Crippen LogP contribution is 2.25. The molecule has 7 heteroatoms. The van der Waals surface area contributed by atoms with Crippen molar-refractivity contribution in [3.63, 3.8) is 0 Å². The third-order valence-electron chi connectivity index (χ3n) is 3.72. The number of hydrogen-bond acceptors (Lipinski definition) is 6. The molecule has 27 heavy (non-hydrogen) atoms. The van der Waals surface area contributed by atoms with E-state index in [1.165, 1.54) is 5.57 Å². The van der Waals surface area contributed by atoms with E-state index in [0.29, 0.717) is 6.54 Å². The van der Waals surface area contributed by atoms with Crippen LogP contribution in [0, 0.1) is 6.92 Å². The average Bonchev–Trinajstić information content (AvgIpc) is 3.27. The second kappa shape index (κ2) is 9.14. The lowest BCUT2D eigenvalue weighted by molar-refractivity contribution is 0.463. The summed E-state index contributed by atoms with van der Waals surface area (Å²) in [5, 5.41) is 9.58. The third kappa shape index (κ3) is 5.04. The zero-order valence-corrected chi connectivity index (χ0v) is 16.2. The molecule has 0 amide bonds. The summed E-state index contributed by atoms with van der Waals surface area (Å²) in [6, 6.07) is 9.69. The third-order valence-corrected chi connectivity index (χ3v) is 4.88. The summed E-state index contributed by atoms with van der Waals surface area (Å²) >= 11 is 1.63. The summed E-state index contributed by atoms with van der Waals surface area (Å²) in [6.45, 7) is 7.98. The minimum absolute atomic E-state index is 0.554. The molecular weight excluding hydrogens is 358 g/mol. The summed E-state index contributed by atoms with van der Waals surface area (Å²) in [4.78, 5) is 8.11. The number of nitrogens with zero attached hydrogens (tertiary/aromatic N) is 5. The van der Waals surface area contributed by atoms with Crippen LogP contribution in [0.25, 0.3) is 11.5 Å². The van der Waals surface area contributed by atoms with Crippen molar-refractivity contribution in [1.82, 2.24) is 19.7 Å². The van der Waals surface area contributed by atoms with Gasteiger partial charge in [0.15, 0.2) is 11.0 Å². The Kier molecular flexibility index (Phi) is 6.38. The minimum Gasteiger partial charge on any atom is -0.464 e. The van der Waals surface area contributed by atoms with E-state index in [2.05, 4.69) is 33.8 Å². The van der Waals surface area contributed by atoms with Crippen LogP contribution in [-0.4, -0.2) is 32.2 Å². The summed E-state index contributed by atoms with van der Waals surface area (Å²) in [7, 11) is 0. The Hall–Kier alpha value is -2.93. The molecule has 3 aromatic heterocycles. The monoisotopic (exact) mass is 379 g/mol. The van der Waals surface area contributed by atoms with Gasteiger partial charge in [-0.15, -0.1) is 10.2 Å². The highest BCUT2D eigenvalue weighted by atomic mass is 32.2. The van der Waals surface area contributed by atoms with E-state index in [1.807, 2.05) is 54.0 Å². The molecule has 0 aliphatic carbocycles. The number of hydrogen-bond donors (Lipinski definition) is 0. The SMILES string of the molecule is C=NC=CC=C(C)CSc1nnc(-c2ccccn2)n1Cc1ccc(C)o1. The smallest absolute Gasteiger partial charge is 0.192 e. The molecule has 0 atom stereocenters. The normalized spacial score (nSPS) is 12.0. The molecule has 0 spiro atoms. The Morgan fingerprint density at radius 1 is 1.30 bits per heavy atom. The van der Waals surface area contributed by atoms with E-state index < -0.39 is 0 Å². The molecule has 0 saturated heterocycles. The molecule has 0 N–H and O–H groups in total. The van der Waals surface area contributed by atoms with Gasteiger partial charge in [-0.1, -0.05) is 29.5 Å². The first-order valence-electron chi connectivity index (χ1n) is 8.48. The zero-order valence-electron chi connectivity index (χ0n) is 15.4. The molecule has 0 saturated carbocycles. The maximum atomic E-state index is 5.75. The number of aromatic nitrogens is 4. The second-order valence-corrected chi connectivity index (χ2v) is 6.89. The van der Waals surface area contributed by atoms with Gasteiger partial charge in [0.2, 0.25) is 0 Å². The predicted octanol–water partition coefficient (Wildman–Crippen LogP) is 4.54. The minimum atomic E-state index is 0.554. The molecule has 138 valence electrons. The van der Waals surface area contributed by atoms with Crippen LogP contribution in [0.1, 0.15) is 18.4 Å². The summed E-state index contributed by atoms with van der Waals surface area (Å²) < 4.78 is 7.79. The lowest BCUT2D eigenvalue weighted by Crippen LogP contribution is -2.04. The summed E-state index contributed by atoms with van der Waals surface area (Å²) in [6.07, 6.45) is 7.30. The number of thioether (sulfide) groups is 1. The maximum absolute atomic E-state index is 5.75. The van der Waals surface area contributed by atoms with Gasteiger partial charge in [0, 0.05) is 18.1 Å². The number of pyridine rings is 1. The van der Waals surface area contributed by atoms with Gasteiger partial charge in [-0.2, -0.15) is 0 Å². The molecule has 3 heterocycles. The standard InChI is InChI=1S/C20H21N5OS/c1-15(7-6-11-21-3)14-27-20-24-23-19(18-8-4-5-12-22-18)25(20)13-17-10-9-16(2)26-17/h4-12H,3,13-14H2,1-2H3. The van der Waals surface area contributed by atoms with Crippen LogP contribution in [0.15, 0.2) is 75.0 Å². The zero-order chi connectivity index (χ0) is 19.1. The first kappa shape index (κ1) is 18.8. The highest BCUT2D eigenvalue weighted by Gasteiger charge is 2.16. The molecule has 0 unspecified atom stereocenters.